The standard InChI is InChI=1S/C28H29NO.C27H27NO2.2CO2.CH4O/c1-19-17-29(27-15-14-23(20(2)30)16-25(19)27)18-21-10-12-22(13-11-21)24-8-6-7-9-26(24)28(3,4)5;1-18-16-28(25-14-13-21(26(29)30)15-23(18)25)17-19-9-11-20(12-10-19)22-7-5-6-8-24(22)27(2,3)4;2*2-1-3;1-2/h6-17H,18H2,1-5H3;5-16H,17H2,1-4H3,(H,29,30);;;2H,1H3. The number of carboxylic acid groups (broad SMARTS) is 1. The van der Waals surface area contributed by atoms with E-state index in [2.05, 4.69) is 173 Å². The molecule has 0 amide bonds. The highest BCUT2D eigenvalue weighted by molar-refractivity contribution is 5.99. The van der Waals surface area contributed by atoms with Gasteiger partial charge in [-0.05, 0) is 124 Å². The van der Waals surface area contributed by atoms with E-state index in [1.807, 2.05) is 25.1 Å². The topological polar surface area (TPSA) is 153 Å². The second-order valence-electron chi connectivity index (χ2n) is 18.4. The number of hydrogen-bond acceptors (Lipinski definition) is 7. The van der Waals surface area contributed by atoms with Crippen molar-refractivity contribution in [1.29, 1.82) is 0 Å². The van der Waals surface area contributed by atoms with Crippen molar-refractivity contribution in [1.82, 2.24) is 9.13 Å². The monoisotopic (exact) mass is 912 g/mol. The van der Waals surface area contributed by atoms with E-state index in [9.17, 15) is 14.7 Å². The van der Waals surface area contributed by atoms with Crippen LogP contribution in [0.25, 0.3) is 44.1 Å². The van der Waals surface area contributed by atoms with Crippen LogP contribution in [0.3, 0.4) is 0 Å². The Labute approximate surface area is 398 Å². The molecule has 6 aromatic carbocycles. The van der Waals surface area contributed by atoms with Crippen LogP contribution in [0.1, 0.15) is 103 Å². The van der Waals surface area contributed by atoms with E-state index >= 15 is 0 Å². The molecule has 0 aliphatic rings. The number of Topliss-reactive ketones (excluding diaryl/α,β-unsaturated/α-hetero) is 1. The van der Waals surface area contributed by atoms with E-state index in [0.717, 1.165) is 47.6 Å². The molecule has 0 saturated heterocycles. The normalized spacial score (nSPS) is 10.7. The summed E-state index contributed by atoms with van der Waals surface area (Å²) in [5, 5.41) is 18.4. The average Bonchev–Trinajstić information content (AvgIpc) is 3.80. The van der Waals surface area contributed by atoms with Crippen LogP contribution < -0.4 is 0 Å². The van der Waals surface area contributed by atoms with Gasteiger partial charge < -0.3 is 19.3 Å². The van der Waals surface area contributed by atoms with E-state index in [1.165, 1.54) is 55.6 Å². The van der Waals surface area contributed by atoms with Gasteiger partial charge in [-0.25, -0.2) is 4.79 Å². The molecule has 0 unspecified atom stereocenters. The van der Waals surface area contributed by atoms with Gasteiger partial charge in [0.25, 0.3) is 0 Å². The molecule has 8 aromatic rings. The average molecular weight is 913 g/mol. The second-order valence-corrected chi connectivity index (χ2v) is 18.4. The highest BCUT2D eigenvalue weighted by Crippen LogP contribution is 2.35. The number of fused-ring (bicyclic) bond motifs is 2. The Morgan fingerprint density at radius 3 is 1.19 bits per heavy atom. The van der Waals surface area contributed by atoms with Crippen molar-refractivity contribution in [2.45, 2.75) is 86.2 Å². The van der Waals surface area contributed by atoms with Gasteiger partial charge in [0, 0.05) is 60.0 Å². The van der Waals surface area contributed by atoms with Crippen LogP contribution in [0, 0.1) is 13.8 Å². The molecular weight excluding hydrogens is 853 g/mol. The van der Waals surface area contributed by atoms with Gasteiger partial charge in [0.05, 0.1) is 5.56 Å². The van der Waals surface area contributed by atoms with E-state index in [4.69, 9.17) is 24.3 Å². The fourth-order valence-electron chi connectivity index (χ4n) is 8.31. The van der Waals surface area contributed by atoms with Crippen LogP contribution in [0.4, 0.5) is 0 Å². The van der Waals surface area contributed by atoms with Crippen LogP contribution in [-0.2, 0) is 43.1 Å². The van der Waals surface area contributed by atoms with E-state index < -0.39 is 5.97 Å². The summed E-state index contributed by atoms with van der Waals surface area (Å²) < 4.78 is 4.46. The van der Waals surface area contributed by atoms with Gasteiger partial charge in [-0.3, -0.25) is 4.79 Å². The fourth-order valence-corrected chi connectivity index (χ4v) is 8.31. The highest BCUT2D eigenvalue weighted by atomic mass is 16.4. The molecule has 0 aliphatic carbocycles. The molecule has 10 nitrogen and oxygen atoms in total. The number of nitrogens with zero attached hydrogens (tertiary/aromatic N) is 2. The number of ketones is 1. The number of aliphatic hydroxyl groups is 1. The van der Waals surface area contributed by atoms with Gasteiger partial charge in [0.1, 0.15) is 0 Å². The van der Waals surface area contributed by atoms with E-state index in [-0.39, 0.29) is 28.9 Å². The lowest BCUT2D eigenvalue weighted by Gasteiger charge is -2.23. The predicted molar refractivity (Wildman–Crippen MR) is 268 cm³/mol. The summed E-state index contributed by atoms with van der Waals surface area (Å²) in [6.07, 6.45) is 4.77. The number of carbonyl (C=O) groups is 2. The largest absolute Gasteiger partial charge is 0.478 e. The Kier molecular flexibility index (Phi) is 18.4. The Morgan fingerprint density at radius 1 is 0.515 bits per heavy atom. The molecule has 0 aliphatic heterocycles. The maximum Gasteiger partial charge on any atom is 0.373 e. The molecule has 2 aromatic heterocycles. The third kappa shape index (κ3) is 13.2. The molecule has 350 valence electrons. The van der Waals surface area contributed by atoms with Crippen LogP contribution in [0.5, 0.6) is 0 Å². The molecule has 2 N–H and O–H groups in total. The van der Waals surface area contributed by atoms with Crippen molar-refractivity contribution in [2.24, 2.45) is 0 Å². The molecule has 0 bridgehead atoms. The minimum atomic E-state index is -0.893. The lowest BCUT2D eigenvalue weighted by atomic mass is 9.82. The zero-order chi connectivity index (χ0) is 50.3. The number of aromatic nitrogens is 2. The maximum absolute atomic E-state index is 11.7. The summed E-state index contributed by atoms with van der Waals surface area (Å²) in [5.41, 5.74) is 16.0. The zero-order valence-electron chi connectivity index (χ0n) is 40.5. The van der Waals surface area contributed by atoms with Crippen LogP contribution in [-0.4, -0.2) is 50.5 Å². The molecule has 8 rings (SSSR count). The molecule has 0 fully saturated rings. The minimum absolute atomic E-state index is 0.0889. The van der Waals surface area contributed by atoms with Gasteiger partial charge in [0.2, 0.25) is 0 Å². The van der Waals surface area contributed by atoms with Crippen molar-refractivity contribution < 1.29 is 39.0 Å². The Bertz CT molecular complexity index is 2850. The van der Waals surface area contributed by atoms with Crippen molar-refractivity contribution >= 4 is 45.9 Å². The van der Waals surface area contributed by atoms with Crippen molar-refractivity contribution in [3.05, 3.63) is 190 Å². The number of rotatable bonds is 8. The zero-order valence-corrected chi connectivity index (χ0v) is 40.5. The number of aryl methyl sites for hydroxylation is 2. The molecule has 68 heavy (non-hydrogen) atoms. The van der Waals surface area contributed by atoms with Gasteiger partial charge in [-0.2, -0.15) is 19.2 Å². The molecule has 10 heteroatoms. The summed E-state index contributed by atoms with van der Waals surface area (Å²) >= 11 is 0. The maximum atomic E-state index is 11.7. The first kappa shape index (κ1) is 52.9. The molecule has 0 atom stereocenters. The summed E-state index contributed by atoms with van der Waals surface area (Å²) in [6.45, 7) is 20.8. The molecule has 0 spiro atoms. The second kappa shape index (κ2) is 23.6. The lowest BCUT2D eigenvalue weighted by molar-refractivity contribution is -0.193. The number of aromatic carboxylic acids is 1. The third-order valence-electron chi connectivity index (χ3n) is 11.5. The summed E-state index contributed by atoms with van der Waals surface area (Å²) in [5.74, 6) is -0.787. The van der Waals surface area contributed by atoms with E-state index in [0.29, 0.717) is 5.56 Å². The molecule has 2 heterocycles. The summed E-state index contributed by atoms with van der Waals surface area (Å²) in [4.78, 5) is 55.5. The minimum Gasteiger partial charge on any atom is -0.478 e. The van der Waals surface area contributed by atoms with Gasteiger partial charge in [-0.15, -0.1) is 0 Å². The van der Waals surface area contributed by atoms with Gasteiger partial charge in [-0.1, -0.05) is 139 Å². The first-order valence-corrected chi connectivity index (χ1v) is 22.0. The van der Waals surface area contributed by atoms with Crippen molar-refractivity contribution in [3.8, 4) is 22.3 Å². The van der Waals surface area contributed by atoms with Crippen molar-refractivity contribution in [2.75, 3.05) is 7.11 Å². The Balaban J connectivity index is 0.000000258. The summed E-state index contributed by atoms with van der Waals surface area (Å²) in [7, 11) is 1.00. The van der Waals surface area contributed by atoms with Crippen LogP contribution in [0.2, 0.25) is 0 Å². The SMILES string of the molecule is CC(=O)c1ccc2c(c1)c(C)cn2Cc1ccc(-c2ccccc2C(C)(C)C)cc1.CO.Cc1cn(Cc2ccc(-c3ccccc3C(C)(C)C)cc2)c2ccc(C(=O)O)cc12.O=C=O.O=C=O. The lowest BCUT2D eigenvalue weighted by Crippen LogP contribution is -2.12. The number of carbonyl (C=O) groups excluding carboxylic acids is 5. The highest BCUT2D eigenvalue weighted by Gasteiger charge is 2.20. The first-order valence-electron chi connectivity index (χ1n) is 22.0. The third-order valence-corrected chi connectivity index (χ3v) is 11.5. The van der Waals surface area contributed by atoms with Crippen molar-refractivity contribution in [3.63, 3.8) is 0 Å². The number of aliphatic hydroxyl groups excluding tert-OH is 1. The van der Waals surface area contributed by atoms with E-state index in [1.54, 1.807) is 19.1 Å². The number of hydrogen-bond donors (Lipinski definition) is 2. The van der Waals surface area contributed by atoms with Crippen LogP contribution >= 0.6 is 0 Å². The number of benzene rings is 6. The molecule has 0 radical (unpaired) electrons. The van der Waals surface area contributed by atoms with Crippen LogP contribution in [0.15, 0.2) is 146 Å². The quantitative estimate of drug-likeness (QED) is 0.143. The Hall–Kier alpha value is -7.74. The number of carboxylic acids is 1. The fraction of sp³-hybridized carbons (Fsp3) is 0.241. The smallest absolute Gasteiger partial charge is 0.373 e. The predicted octanol–water partition coefficient (Wildman–Crippen LogP) is 12.3. The molecule has 0 saturated carbocycles. The van der Waals surface area contributed by atoms with Gasteiger partial charge >= 0.3 is 18.3 Å². The summed E-state index contributed by atoms with van der Waals surface area (Å²) in [6, 6.07) is 46.3. The Morgan fingerprint density at radius 2 is 0.853 bits per heavy atom. The molecular formula is C58H60N2O8. The first-order chi connectivity index (χ1) is 32.3. The van der Waals surface area contributed by atoms with Gasteiger partial charge in [0.15, 0.2) is 5.78 Å².